The number of nitrogens with zero attached hydrogens (tertiary/aromatic N) is 1. The van der Waals surface area contributed by atoms with Gasteiger partial charge in [0.15, 0.2) is 6.10 Å². The van der Waals surface area contributed by atoms with Crippen LogP contribution in [0.2, 0.25) is 5.02 Å². The summed E-state index contributed by atoms with van der Waals surface area (Å²) in [5.74, 6) is 0.105. The third-order valence-corrected chi connectivity index (χ3v) is 4.46. The molecule has 0 saturated carbocycles. The summed E-state index contributed by atoms with van der Waals surface area (Å²) in [5.41, 5.74) is 1.58. The highest BCUT2D eigenvalue weighted by molar-refractivity contribution is 6.31. The first kappa shape index (κ1) is 20.4. The summed E-state index contributed by atoms with van der Waals surface area (Å²) in [5, 5.41) is 3.15. The van der Waals surface area contributed by atoms with Gasteiger partial charge in [-0.05, 0) is 36.8 Å². The molecule has 1 amide bonds. The van der Waals surface area contributed by atoms with Gasteiger partial charge in [0.2, 0.25) is 0 Å². The highest BCUT2D eigenvalue weighted by Gasteiger charge is 2.23. The molecule has 1 aromatic heterocycles. The fraction of sp³-hybridized carbons (Fsp3) is 0.190. The monoisotopic (exact) mass is 413 g/mol. The van der Waals surface area contributed by atoms with Gasteiger partial charge in [0.1, 0.15) is 11.6 Å². The van der Waals surface area contributed by atoms with Gasteiger partial charge in [-0.25, -0.2) is 9.78 Å². The number of methoxy groups -OCH3 is 1. The van der Waals surface area contributed by atoms with Gasteiger partial charge in [0, 0.05) is 23.0 Å². The number of benzene rings is 2. The van der Waals surface area contributed by atoms with Gasteiger partial charge in [-0.15, -0.1) is 0 Å². The van der Waals surface area contributed by atoms with E-state index in [0.717, 1.165) is 5.56 Å². The topological polar surface area (TPSA) is 93.3 Å². The van der Waals surface area contributed by atoms with E-state index in [0.29, 0.717) is 34.3 Å². The van der Waals surface area contributed by atoms with Crippen LogP contribution in [0, 0.1) is 0 Å². The molecule has 0 bridgehead atoms. The number of aromatic nitrogens is 2. The Kier molecular flexibility index (Phi) is 6.51. The highest BCUT2D eigenvalue weighted by Crippen LogP contribution is 2.28. The minimum Gasteiger partial charge on any atom is -0.495 e. The smallest absolute Gasteiger partial charge is 0.338 e. The number of ether oxygens (including phenoxy) is 2. The molecular formula is C21H20ClN3O4. The molecule has 1 atom stereocenters. The van der Waals surface area contributed by atoms with Gasteiger partial charge in [0.25, 0.3) is 5.91 Å². The summed E-state index contributed by atoms with van der Waals surface area (Å²) in [6, 6.07) is 11.6. The van der Waals surface area contributed by atoms with Crippen LogP contribution in [0.15, 0.2) is 54.9 Å². The van der Waals surface area contributed by atoms with Crippen molar-refractivity contribution in [1.82, 2.24) is 9.97 Å². The second kappa shape index (κ2) is 9.25. The fourth-order valence-corrected chi connectivity index (χ4v) is 2.87. The van der Waals surface area contributed by atoms with Crippen LogP contribution in [0.4, 0.5) is 5.69 Å². The van der Waals surface area contributed by atoms with Crippen molar-refractivity contribution in [3.63, 3.8) is 0 Å². The van der Waals surface area contributed by atoms with Crippen LogP contribution >= 0.6 is 11.6 Å². The number of esters is 1. The number of anilines is 1. The molecule has 0 aliphatic carbocycles. The number of rotatable bonds is 7. The number of amides is 1. The maximum atomic E-state index is 12.6. The number of hydrogen-bond acceptors (Lipinski definition) is 5. The first-order valence-electron chi connectivity index (χ1n) is 8.97. The number of nitrogens with one attached hydrogen (secondary N) is 2. The molecule has 8 heteroatoms. The lowest BCUT2D eigenvalue weighted by Gasteiger charge is -2.17. The summed E-state index contributed by atoms with van der Waals surface area (Å²) in [6.45, 7) is 1.76. The van der Waals surface area contributed by atoms with Crippen molar-refractivity contribution in [3.05, 3.63) is 65.4 Å². The zero-order chi connectivity index (χ0) is 20.8. The fourth-order valence-electron chi connectivity index (χ4n) is 2.70. The first-order chi connectivity index (χ1) is 14.0. The molecule has 0 aliphatic rings. The third-order valence-electron chi connectivity index (χ3n) is 4.22. The van der Waals surface area contributed by atoms with Gasteiger partial charge in [-0.2, -0.15) is 0 Å². The molecule has 1 heterocycles. The summed E-state index contributed by atoms with van der Waals surface area (Å²) >= 11 is 5.99. The Morgan fingerprint density at radius 3 is 2.59 bits per heavy atom. The predicted octanol–water partition coefficient (Wildman–Crippen LogP) is 4.31. The zero-order valence-corrected chi connectivity index (χ0v) is 16.7. The van der Waals surface area contributed by atoms with E-state index in [2.05, 4.69) is 15.3 Å². The quantitative estimate of drug-likeness (QED) is 0.563. The molecule has 0 fully saturated rings. The number of aromatic amines is 1. The van der Waals surface area contributed by atoms with Crippen LogP contribution < -0.4 is 10.1 Å². The molecule has 2 aromatic carbocycles. The molecule has 0 spiro atoms. The normalized spacial score (nSPS) is 11.6. The Balaban J connectivity index is 1.68. The van der Waals surface area contributed by atoms with E-state index in [9.17, 15) is 9.59 Å². The van der Waals surface area contributed by atoms with Crippen molar-refractivity contribution >= 4 is 29.2 Å². The molecule has 0 radical (unpaired) electrons. The number of carbonyl (C=O) groups excluding carboxylic acids is 2. The summed E-state index contributed by atoms with van der Waals surface area (Å²) in [6.07, 6.45) is 2.72. The standard InChI is InChI=1S/C21H20ClN3O4/c1-3-17(20(26)25-16-12-15(22)8-9-18(16)28-2)29-21(27)14-6-4-13(5-7-14)19-23-10-11-24-19/h4-12,17H,3H2,1-2H3,(H,23,24)(H,25,26). The Labute approximate surface area is 173 Å². The number of carbonyl (C=O) groups is 2. The van der Waals surface area contributed by atoms with Crippen molar-refractivity contribution in [2.24, 2.45) is 0 Å². The Morgan fingerprint density at radius 2 is 1.97 bits per heavy atom. The van der Waals surface area contributed by atoms with Crippen LogP contribution in [0.25, 0.3) is 11.4 Å². The van der Waals surface area contributed by atoms with E-state index in [-0.39, 0.29) is 0 Å². The van der Waals surface area contributed by atoms with Crippen LogP contribution in [0.1, 0.15) is 23.7 Å². The first-order valence-corrected chi connectivity index (χ1v) is 9.34. The lowest BCUT2D eigenvalue weighted by molar-refractivity contribution is -0.124. The molecule has 0 saturated heterocycles. The molecule has 7 nitrogen and oxygen atoms in total. The number of halogens is 1. The number of hydrogen-bond donors (Lipinski definition) is 2. The summed E-state index contributed by atoms with van der Waals surface area (Å²) in [4.78, 5) is 32.2. The second-order valence-electron chi connectivity index (χ2n) is 6.15. The lowest BCUT2D eigenvalue weighted by Crippen LogP contribution is -2.32. The van der Waals surface area contributed by atoms with Gasteiger partial charge >= 0.3 is 5.97 Å². The molecule has 2 N–H and O–H groups in total. The zero-order valence-electron chi connectivity index (χ0n) is 15.9. The lowest BCUT2D eigenvalue weighted by atomic mass is 10.1. The van der Waals surface area contributed by atoms with Crippen molar-refractivity contribution in [3.8, 4) is 17.1 Å². The molecule has 0 aliphatic heterocycles. The molecule has 3 aromatic rings. The number of imidazole rings is 1. The summed E-state index contributed by atoms with van der Waals surface area (Å²) in [7, 11) is 1.49. The van der Waals surface area contributed by atoms with Crippen molar-refractivity contribution < 1.29 is 19.1 Å². The molecule has 1 unspecified atom stereocenters. The van der Waals surface area contributed by atoms with Crippen LogP contribution in [-0.2, 0) is 9.53 Å². The van der Waals surface area contributed by atoms with E-state index in [1.807, 2.05) is 0 Å². The van der Waals surface area contributed by atoms with E-state index in [1.54, 1.807) is 61.8 Å². The average Bonchev–Trinajstić information content (AvgIpc) is 3.27. The highest BCUT2D eigenvalue weighted by atomic mass is 35.5. The van der Waals surface area contributed by atoms with E-state index < -0.39 is 18.0 Å². The van der Waals surface area contributed by atoms with Gasteiger partial charge in [0.05, 0.1) is 18.4 Å². The maximum absolute atomic E-state index is 12.6. The number of H-pyrrole nitrogens is 1. The minimum atomic E-state index is -0.962. The molecular weight excluding hydrogens is 394 g/mol. The van der Waals surface area contributed by atoms with Crippen molar-refractivity contribution in [1.29, 1.82) is 0 Å². The van der Waals surface area contributed by atoms with E-state index >= 15 is 0 Å². The maximum Gasteiger partial charge on any atom is 0.338 e. The van der Waals surface area contributed by atoms with Crippen molar-refractivity contribution in [2.75, 3.05) is 12.4 Å². The Morgan fingerprint density at radius 1 is 1.21 bits per heavy atom. The van der Waals surface area contributed by atoms with Gasteiger partial charge < -0.3 is 19.8 Å². The predicted molar refractivity (Wildman–Crippen MR) is 110 cm³/mol. The molecule has 3 rings (SSSR count). The Hall–Kier alpha value is -3.32. The van der Waals surface area contributed by atoms with Gasteiger partial charge in [-0.1, -0.05) is 30.7 Å². The molecule has 150 valence electrons. The average molecular weight is 414 g/mol. The summed E-state index contributed by atoms with van der Waals surface area (Å²) < 4.78 is 10.6. The SMILES string of the molecule is CCC(OC(=O)c1ccc(-c2ncc[nH]2)cc1)C(=O)Nc1cc(Cl)ccc1OC. The van der Waals surface area contributed by atoms with Gasteiger partial charge in [-0.3, -0.25) is 4.79 Å². The van der Waals surface area contributed by atoms with E-state index in [4.69, 9.17) is 21.1 Å². The Bertz CT molecular complexity index is 988. The minimum absolute atomic E-state index is 0.310. The third kappa shape index (κ3) is 4.94. The van der Waals surface area contributed by atoms with Crippen molar-refractivity contribution in [2.45, 2.75) is 19.4 Å². The van der Waals surface area contributed by atoms with E-state index in [1.165, 1.54) is 7.11 Å². The van der Waals surface area contributed by atoms with Crippen LogP contribution in [0.3, 0.4) is 0 Å². The molecule has 29 heavy (non-hydrogen) atoms. The second-order valence-corrected chi connectivity index (χ2v) is 6.59. The largest absolute Gasteiger partial charge is 0.495 e. The van der Waals surface area contributed by atoms with Crippen LogP contribution in [-0.4, -0.2) is 35.1 Å². The van der Waals surface area contributed by atoms with Crippen LogP contribution in [0.5, 0.6) is 5.75 Å².